The van der Waals surface area contributed by atoms with Crippen molar-refractivity contribution in [3.8, 4) is 0 Å². The summed E-state index contributed by atoms with van der Waals surface area (Å²) in [4.78, 5) is 0. The number of H-pyrrole nitrogens is 1. The van der Waals surface area contributed by atoms with E-state index in [9.17, 15) is 13.2 Å². The Morgan fingerprint density at radius 2 is 2.12 bits per heavy atom. The molecular weight excluding hydrogens is 219 g/mol. The molecule has 0 amide bonds. The minimum Gasteiger partial charge on any atom is -0.330 e. The third kappa shape index (κ3) is 1.52. The van der Waals surface area contributed by atoms with E-state index in [1.165, 1.54) is 6.20 Å². The third-order valence-electron chi connectivity index (χ3n) is 3.59. The number of halogens is 3. The van der Waals surface area contributed by atoms with Crippen molar-refractivity contribution < 1.29 is 13.2 Å². The Balaban J connectivity index is 2.34. The summed E-state index contributed by atoms with van der Waals surface area (Å²) in [5.41, 5.74) is 4.89. The number of hydrogen-bond donors (Lipinski definition) is 2. The predicted octanol–water partition coefficient (Wildman–Crippen LogP) is 2.13. The minimum absolute atomic E-state index is 0.103. The molecule has 90 valence electrons. The lowest BCUT2D eigenvalue weighted by atomic mass is 10.0. The van der Waals surface area contributed by atoms with Crippen LogP contribution in [-0.2, 0) is 6.18 Å². The molecule has 0 aliphatic heterocycles. The van der Waals surface area contributed by atoms with Gasteiger partial charge in [0, 0.05) is 5.56 Å². The number of nitrogens with zero attached hydrogens (tertiary/aromatic N) is 1. The van der Waals surface area contributed by atoms with Gasteiger partial charge in [0.2, 0.25) is 0 Å². The number of hydrogen-bond acceptors (Lipinski definition) is 2. The Hall–Kier alpha value is -1.04. The molecule has 6 heteroatoms. The second-order valence-electron chi connectivity index (χ2n) is 4.84. The van der Waals surface area contributed by atoms with Crippen LogP contribution in [0.4, 0.5) is 13.2 Å². The highest BCUT2D eigenvalue weighted by Gasteiger charge is 2.59. The van der Waals surface area contributed by atoms with Gasteiger partial charge in [-0.05, 0) is 23.8 Å². The Labute approximate surface area is 91.2 Å². The van der Waals surface area contributed by atoms with Crippen LogP contribution in [0.1, 0.15) is 31.0 Å². The number of aromatic nitrogens is 2. The molecule has 2 rings (SSSR count). The van der Waals surface area contributed by atoms with E-state index in [1.807, 2.05) is 18.9 Å². The summed E-state index contributed by atoms with van der Waals surface area (Å²) in [6.45, 7) is 4.27. The lowest BCUT2D eigenvalue weighted by Crippen LogP contribution is -2.09. The van der Waals surface area contributed by atoms with Gasteiger partial charge in [0.1, 0.15) is 5.69 Å². The SMILES string of the molecule is CC1(C)[C@H](CN)[C@H]1c1cn[nH]c1C(F)(F)F. The lowest BCUT2D eigenvalue weighted by Gasteiger charge is -2.07. The topological polar surface area (TPSA) is 54.7 Å². The molecule has 0 saturated heterocycles. The largest absolute Gasteiger partial charge is 0.433 e. The van der Waals surface area contributed by atoms with Crippen molar-refractivity contribution in [2.45, 2.75) is 25.9 Å². The summed E-state index contributed by atoms with van der Waals surface area (Å²) in [6, 6.07) is 0. The van der Waals surface area contributed by atoms with Crippen molar-refractivity contribution in [1.29, 1.82) is 0 Å². The van der Waals surface area contributed by atoms with E-state index >= 15 is 0 Å². The molecule has 0 bridgehead atoms. The van der Waals surface area contributed by atoms with Crippen LogP contribution in [0.15, 0.2) is 6.20 Å². The second-order valence-corrected chi connectivity index (χ2v) is 4.84. The summed E-state index contributed by atoms with van der Waals surface area (Å²) < 4.78 is 38.0. The third-order valence-corrected chi connectivity index (χ3v) is 3.59. The maximum atomic E-state index is 12.7. The standard InChI is InChI=1S/C10H14F3N3/c1-9(2)6(3-14)7(9)5-4-15-16-8(5)10(11,12)13/h4,6-7H,3,14H2,1-2H3,(H,15,16)/t6-,7-/m1/s1. The van der Waals surface area contributed by atoms with E-state index in [-0.39, 0.29) is 22.8 Å². The van der Waals surface area contributed by atoms with Crippen molar-refractivity contribution in [2.24, 2.45) is 17.1 Å². The van der Waals surface area contributed by atoms with E-state index in [0.29, 0.717) is 6.54 Å². The first kappa shape index (κ1) is 11.4. The summed E-state index contributed by atoms with van der Waals surface area (Å²) in [5, 5.41) is 5.53. The van der Waals surface area contributed by atoms with E-state index in [2.05, 4.69) is 5.10 Å². The molecule has 2 atom stereocenters. The Kier molecular flexibility index (Phi) is 2.31. The predicted molar refractivity (Wildman–Crippen MR) is 52.7 cm³/mol. The van der Waals surface area contributed by atoms with Gasteiger partial charge in [-0.3, -0.25) is 5.10 Å². The monoisotopic (exact) mass is 233 g/mol. The Morgan fingerprint density at radius 1 is 1.50 bits per heavy atom. The van der Waals surface area contributed by atoms with Crippen LogP contribution in [0.2, 0.25) is 0 Å². The smallest absolute Gasteiger partial charge is 0.330 e. The first-order chi connectivity index (χ1) is 7.30. The van der Waals surface area contributed by atoms with E-state index < -0.39 is 11.9 Å². The number of alkyl halides is 3. The van der Waals surface area contributed by atoms with Crippen LogP contribution in [0.5, 0.6) is 0 Å². The molecule has 1 heterocycles. The number of rotatable bonds is 2. The molecule has 1 fully saturated rings. The molecule has 1 saturated carbocycles. The van der Waals surface area contributed by atoms with Crippen LogP contribution in [-0.4, -0.2) is 16.7 Å². The highest BCUT2D eigenvalue weighted by Crippen LogP contribution is 2.64. The fourth-order valence-electron chi connectivity index (χ4n) is 2.56. The van der Waals surface area contributed by atoms with Gasteiger partial charge in [0.05, 0.1) is 6.20 Å². The molecule has 1 aromatic heterocycles. The Bertz CT molecular complexity index is 394. The molecule has 0 spiro atoms. The quantitative estimate of drug-likeness (QED) is 0.822. The molecule has 3 N–H and O–H groups in total. The molecule has 1 aromatic rings. The fourth-order valence-corrected chi connectivity index (χ4v) is 2.56. The molecule has 0 unspecified atom stereocenters. The maximum absolute atomic E-state index is 12.7. The van der Waals surface area contributed by atoms with Crippen molar-refractivity contribution in [3.63, 3.8) is 0 Å². The van der Waals surface area contributed by atoms with Crippen LogP contribution in [0.25, 0.3) is 0 Å². The summed E-state index contributed by atoms with van der Waals surface area (Å²) >= 11 is 0. The van der Waals surface area contributed by atoms with E-state index in [4.69, 9.17) is 5.73 Å². The minimum atomic E-state index is -4.37. The van der Waals surface area contributed by atoms with E-state index in [0.717, 1.165) is 0 Å². The highest BCUT2D eigenvalue weighted by atomic mass is 19.4. The van der Waals surface area contributed by atoms with Gasteiger partial charge >= 0.3 is 6.18 Å². The van der Waals surface area contributed by atoms with Gasteiger partial charge in [-0.1, -0.05) is 13.8 Å². The van der Waals surface area contributed by atoms with Crippen LogP contribution in [0.3, 0.4) is 0 Å². The molecule has 0 aromatic carbocycles. The number of aromatic amines is 1. The summed E-state index contributed by atoms with van der Waals surface area (Å²) in [7, 11) is 0. The lowest BCUT2D eigenvalue weighted by molar-refractivity contribution is -0.141. The van der Waals surface area contributed by atoms with E-state index in [1.54, 1.807) is 0 Å². The molecule has 0 radical (unpaired) electrons. The Morgan fingerprint density at radius 3 is 2.56 bits per heavy atom. The van der Waals surface area contributed by atoms with Crippen LogP contribution < -0.4 is 5.73 Å². The second kappa shape index (κ2) is 3.23. The number of nitrogens with two attached hydrogens (primary N) is 1. The summed E-state index contributed by atoms with van der Waals surface area (Å²) in [5.74, 6) is -0.0425. The van der Waals surface area contributed by atoms with Crippen molar-refractivity contribution in [1.82, 2.24) is 10.2 Å². The molecule has 16 heavy (non-hydrogen) atoms. The molecule has 1 aliphatic rings. The van der Waals surface area contributed by atoms with Gasteiger partial charge in [-0.15, -0.1) is 0 Å². The van der Waals surface area contributed by atoms with Crippen LogP contribution >= 0.6 is 0 Å². The molecule has 3 nitrogen and oxygen atoms in total. The van der Waals surface area contributed by atoms with Crippen LogP contribution in [0, 0.1) is 11.3 Å². The maximum Gasteiger partial charge on any atom is 0.433 e. The van der Waals surface area contributed by atoms with Crippen molar-refractivity contribution in [2.75, 3.05) is 6.54 Å². The zero-order valence-corrected chi connectivity index (χ0v) is 9.10. The average Bonchev–Trinajstić information content (AvgIpc) is 2.57. The van der Waals surface area contributed by atoms with Gasteiger partial charge < -0.3 is 5.73 Å². The zero-order chi connectivity index (χ0) is 12.1. The summed E-state index contributed by atoms with van der Waals surface area (Å²) in [6.07, 6.45) is -3.10. The average molecular weight is 233 g/mol. The van der Waals surface area contributed by atoms with Crippen molar-refractivity contribution >= 4 is 0 Å². The zero-order valence-electron chi connectivity index (χ0n) is 9.10. The van der Waals surface area contributed by atoms with Gasteiger partial charge in [0.15, 0.2) is 0 Å². The fraction of sp³-hybridized carbons (Fsp3) is 0.700. The molecular formula is C10H14F3N3. The van der Waals surface area contributed by atoms with Crippen molar-refractivity contribution in [3.05, 3.63) is 17.5 Å². The van der Waals surface area contributed by atoms with Gasteiger partial charge in [-0.25, -0.2) is 0 Å². The molecule has 1 aliphatic carbocycles. The van der Waals surface area contributed by atoms with Gasteiger partial charge in [-0.2, -0.15) is 18.3 Å². The highest BCUT2D eigenvalue weighted by molar-refractivity contribution is 5.34. The normalized spacial score (nSPS) is 28.1. The van der Waals surface area contributed by atoms with Gasteiger partial charge in [0.25, 0.3) is 0 Å². The first-order valence-electron chi connectivity index (χ1n) is 5.10. The first-order valence-corrected chi connectivity index (χ1v) is 5.10. The number of nitrogens with one attached hydrogen (secondary N) is 1.